The van der Waals surface area contributed by atoms with E-state index in [4.69, 9.17) is 14.2 Å². The molecule has 2 aliphatic heterocycles. The Morgan fingerprint density at radius 1 is 1.15 bits per heavy atom. The average Bonchev–Trinajstić information content (AvgIpc) is 3.12. The number of nitrogens with one attached hydrogen (secondary N) is 2. The highest BCUT2D eigenvalue weighted by molar-refractivity contribution is 14.0. The van der Waals surface area contributed by atoms with Gasteiger partial charge in [0.2, 0.25) is 0 Å². The summed E-state index contributed by atoms with van der Waals surface area (Å²) in [4.78, 5) is 6.77. The molecule has 0 spiro atoms. The van der Waals surface area contributed by atoms with Crippen LogP contribution in [0.25, 0.3) is 0 Å². The maximum atomic E-state index is 5.78. The molecule has 0 bridgehead atoms. The molecule has 3 unspecified atom stereocenters. The molecule has 2 fully saturated rings. The zero-order valence-electron chi connectivity index (χ0n) is 17.2. The summed E-state index contributed by atoms with van der Waals surface area (Å²) in [5.74, 6) is 0.868. The first-order valence-electron chi connectivity index (χ1n) is 10.2. The van der Waals surface area contributed by atoms with Crippen LogP contribution in [0, 0.1) is 0 Å². The van der Waals surface area contributed by atoms with E-state index >= 15 is 0 Å². The van der Waals surface area contributed by atoms with Gasteiger partial charge in [-0.05, 0) is 39.5 Å². The fourth-order valence-electron chi connectivity index (χ4n) is 3.57. The van der Waals surface area contributed by atoms with Gasteiger partial charge in [0.1, 0.15) is 0 Å². The van der Waals surface area contributed by atoms with Crippen LogP contribution in [0.15, 0.2) is 4.99 Å². The first-order chi connectivity index (χ1) is 12.7. The molecule has 7 nitrogen and oxygen atoms in total. The zero-order valence-corrected chi connectivity index (χ0v) is 19.6. The summed E-state index contributed by atoms with van der Waals surface area (Å²) in [6, 6.07) is 0. The number of guanidine groups is 1. The molecule has 0 amide bonds. The Bertz CT molecular complexity index is 398. The van der Waals surface area contributed by atoms with Crippen molar-refractivity contribution < 1.29 is 14.2 Å². The molecule has 0 aromatic carbocycles. The van der Waals surface area contributed by atoms with Crippen LogP contribution in [0.1, 0.15) is 39.5 Å². The molecule has 2 aliphatic rings. The number of halogens is 1. The van der Waals surface area contributed by atoms with Gasteiger partial charge in [-0.15, -0.1) is 24.0 Å². The fourth-order valence-corrected chi connectivity index (χ4v) is 3.57. The standard InChI is InChI=1S/C19H38N4O3.HI/c1-16-13-23(14-17(2)26-16)10-5-8-21-19(20-3)22-9-6-11-24-15-18-7-4-12-25-18;/h16-18H,4-15H2,1-3H3,(H2,20,21,22);1H. The van der Waals surface area contributed by atoms with E-state index in [0.29, 0.717) is 18.3 Å². The van der Waals surface area contributed by atoms with E-state index < -0.39 is 0 Å². The van der Waals surface area contributed by atoms with Crippen molar-refractivity contribution in [2.45, 2.75) is 57.8 Å². The van der Waals surface area contributed by atoms with E-state index in [1.807, 2.05) is 7.05 Å². The van der Waals surface area contributed by atoms with Gasteiger partial charge in [0.05, 0.1) is 24.9 Å². The van der Waals surface area contributed by atoms with E-state index in [1.54, 1.807) is 0 Å². The molecule has 2 rings (SSSR count). The predicted octanol–water partition coefficient (Wildman–Crippen LogP) is 1.85. The van der Waals surface area contributed by atoms with E-state index in [1.165, 1.54) is 6.42 Å². The van der Waals surface area contributed by atoms with Crippen molar-refractivity contribution in [1.29, 1.82) is 0 Å². The molecule has 2 heterocycles. The minimum atomic E-state index is 0. The Hall–Kier alpha value is -0.160. The molecule has 2 saturated heterocycles. The van der Waals surface area contributed by atoms with E-state index in [-0.39, 0.29) is 24.0 Å². The second-order valence-corrected chi connectivity index (χ2v) is 7.36. The van der Waals surface area contributed by atoms with Crippen LogP contribution in [0.5, 0.6) is 0 Å². The third-order valence-electron chi connectivity index (χ3n) is 4.75. The van der Waals surface area contributed by atoms with Gasteiger partial charge in [-0.2, -0.15) is 0 Å². The fraction of sp³-hybridized carbons (Fsp3) is 0.947. The van der Waals surface area contributed by atoms with Gasteiger partial charge in [-0.1, -0.05) is 0 Å². The van der Waals surface area contributed by atoms with Crippen LogP contribution >= 0.6 is 24.0 Å². The van der Waals surface area contributed by atoms with Gasteiger partial charge in [0, 0.05) is 53.0 Å². The van der Waals surface area contributed by atoms with E-state index in [9.17, 15) is 0 Å². The Morgan fingerprint density at radius 3 is 2.48 bits per heavy atom. The predicted molar refractivity (Wildman–Crippen MR) is 120 cm³/mol. The minimum absolute atomic E-state index is 0. The van der Waals surface area contributed by atoms with E-state index in [0.717, 1.165) is 77.8 Å². The van der Waals surface area contributed by atoms with Gasteiger partial charge >= 0.3 is 0 Å². The summed E-state index contributed by atoms with van der Waals surface area (Å²) in [5, 5.41) is 6.73. The summed E-state index contributed by atoms with van der Waals surface area (Å²) in [7, 11) is 1.81. The Balaban J connectivity index is 0.00000364. The topological polar surface area (TPSA) is 67.4 Å². The van der Waals surface area contributed by atoms with Crippen molar-refractivity contribution in [3.63, 3.8) is 0 Å². The van der Waals surface area contributed by atoms with Crippen LogP contribution in [0.2, 0.25) is 0 Å². The average molecular weight is 498 g/mol. The lowest BCUT2D eigenvalue weighted by atomic mass is 10.2. The lowest BCUT2D eigenvalue weighted by Gasteiger charge is -2.35. The van der Waals surface area contributed by atoms with Gasteiger partial charge in [0.15, 0.2) is 5.96 Å². The van der Waals surface area contributed by atoms with Gasteiger partial charge < -0.3 is 24.8 Å². The van der Waals surface area contributed by atoms with Crippen molar-refractivity contribution in [3.05, 3.63) is 0 Å². The molecule has 0 aliphatic carbocycles. The third kappa shape index (κ3) is 10.8. The highest BCUT2D eigenvalue weighted by Gasteiger charge is 2.21. The Morgan fingerprint density at radius 2 is 1.85 bits per heavy atom. The van der Waals surface area contributed by atoms with Gasteiger partial charge in [-0.25, -0.2) is 0 Å². The molecule has 0 radical (unpaired) electrons. The van der Waals surface area contributed by atoms with Crippen molar-refractivity contribution in [1.82, 2.24) is 15.5 Å². The molecule has 0 aromatic heterocycles. The zero-order chi connectivity index (χ0) is 18.6. The summed E-state index contributed by atoms with van der Waals surface area (Å²) in [6.07, 6.45) is 5.36. The molecule has 2 N–H and O–H groups in total. The van der Waals surface area contributed by atoms with Crippen LogP contribution < -0.4 is 10.6 Å². The van der Waals surface area contributed by atoms with Crippen LogP contribution in [0.4, 0.5) is 0 Å². The normalized spacial score (nSPS) is 26.6. The monoisotopic (exact) mass is 498 g/mol. The number of aliphatic imine (C=N–C) groups is 1. The van der Waals surface area contributed by atoms with Gasteiger partial charge in [0.25, 0.3) is 0 Å². The number of ether oxygens (including phenoxy) is 3. The summed E-state index contributed by atoms with van der Waals surface area (Å²) < 4.78 is 17.0. The highest BCUT2D eigenvalue weighted by atomic mass is 127. The second-order valence-electron chi connectivity index (χ2n) is 7.36. The van der Waals surface area contributed by atoms with Crippen LogP contribution in [-0.2, 0) is 14.2 Å². The van der Waals surface area contributed by atoms with Crippen molar-refractivity contribution in [3.8, 4) is 0 Å². The van der Waals surface area contributed by atoms with E-state index in [2.05, 4.69) is 34.4 Å². The first kappa shape index (κ1) is 24.9. The van der Waals surface area contributed by atoms with Crippen molar-refractivity contribution in [2.24, 2.45) is 4.99 Å². The van der Waals surface area contributed by atoms with Crippen molar-refractivity contribution in [2.75, 3.05) is 59.6 Å². The first-order valence-corrected chi connectivity index (χ1v) is 10.2. The second kappa shape index (κ2) is 14.8. The molecule has 27 heavy (non-hydrogen) atoms. The number of nitrogens with zero attached hydrogens (tertiary/aromatic N) is 2. The minimum Gasteiger partial charge on any atom is -0.379 e. The molecule has 0 saturated carbocycles. The molecular formula is C19H39IN4O3. The molecule has 8 heteroatoms. The highest BCUT2D eigenvalue weighted by Crippen LogP contribution is 2.12. The lowest BCUT2D eigenvalue weighted by Crippen LogP contribution is -2.46. The Labute approximate surface area is 182 Å². The van der Waals surface area contributed by atoms with Gasteiger partial charge in [-0.3, -0.25) is 9.89 Å². The number of hydrogen-bond donors (Lipinski definition) is 2. The molecule has 160 valence electrons. The molecular weight excluding hydrogens is 459 g/mol. The number of morpholine rings is 1. The quantitative estimate of drug-likeness (QED) is 0.208. The summed E-state index contributed by atoms with van der Waals surface area (Å²) >= 11 is 0. The lowest BCUT2D eigenvalue weighted by molar-refractivity contribution is -0.0679. The maximum absolute atomic E-state index is 5.78. The molecule has 0 aromatic rings. The summed E-state index contributed by atoms with van der Waals surface area (Å²) in [6.45, 7) is 11.6. The smallest absolute Gasteiger partial charge is 0.190 e. The van der Waals surface area contributed by atoms with Crippen molar-refractivity contribution >= 4 is 29.9 Å². The number of hydrogen-bond acceptors (Lipinski definition) is 5. The summed E-state index contributed by atoms with van der Waals surface area (Å²) in [5.41, 5.74) is 0. The SMILES string of the molecule is CN=C(NCCCOCC1CCCO1)NCCCN1CC(C)OC(C)C1.I. The third-order valence-corrected chi connectivity index (χ3v) is 4.75. The maximum Gasteiger partial charge on any atom is 0.190 e. The number of rotatable bonds is 10. The largest absolute Gasteiger partial charge is 0.379 e. The van der Waals surface area contributed by atoms with Crippen LogP contribution in [0.3, 0.4) is 0 Å². The Kier molecular flexibility index (Phi) is 13.6. The van der Waals surface area contributed by atoms with Crippen LogP contribution in [-0.4, -0.2) is 88.8 Å². The molecule has 3 atom stereocenters.